The largest absolute Gasteiger partial charge is 0.507 e. The van der Waals surface area contributed by atoms with E-state index in [0.717, 1.165) is 5.56 Å². The lowest BCUT2D eigenvalue weighted by Crippen LogP contribution is -2.13. The van der Waals surface area contributed by atoms with Gasteiger partial charge in [0.15, 0.2) is 0 Å². The van der Waals surface area contributed by atoms with E-state index < -0.39 is 5.41 Å². The molecule has 0 spiro atoms. The highest BCUT2D eigenvalue weighted by Crippen LogP contribution is 2.30. The quantitative estimate of drug-likeness (QED) is 0.820. The van der Waals surface area contributed by atoms with Gasteiger partial charge in [-0.1, -0.05) is 6.07 Å². The van der Waals surface area contributed by atoms with Gasteiger partial charge in [-0.15, -0.1) is 0 Å². The lowest BCUT2D eigenvalue weighted by molar-refractivity contribution is 0.469. The number of nitrogens with zero attached hydrogens (tertiary/aromatic N) is 1. The molecule has 0 aliphatic rings. The standard InChI is InChI=1S/C10H10BrNO/c1-10(2,6-12)7-3-4-8(11)9(13)5-7/h3-5,13H,1-2H3. The molecule has 0 amide bonds. The molecule has 1 aromatic rings. The van der Waals surface area contributed by atoms with Gasteiger partial charge in [0.25, 0.3) is 0 Å². The molecule has 0 atom stereocenters. The van der Waals surface area contributed by atoms with Crippen LogP contribution in [0.4, 0.5) is 0 Å². The van der Waals surface area contributed by atoms with Gasteiger partial charge in [-0.3, -0.25) is 0 Å². The molecule has 1 N–H and O–H groups in total. The number of hydrogen-bond acceptors (Lipinski definition) is 2. The third kappa shape index (κ3) is 2.02. The average Bonchev–Trinajstić information content (AvgIpc) is 2.09. The number of benzene rings is 1. The van der Waals surface area contributed by atoms with Crippen molar-refractivity contribution in [1.29, 1.82) is 5.26 Å². The summed E-state index contributed by atoms with van der Waals surface area (Å²) >= 11 is 3.19. The molecule has 0 unspecified atom stereocenters. The maximum Gasteiger partial charge on any atom is 0.130 e. The fraction of sp³-hybridized carbons (Fsp3) is 0.300. The highest BCUT2D eigenvalue weighted by Gasteiger charge is 2.20. The molecule has 0 bridgehead atoms. The van der Waals surface area contributed by atoms with Gasteiger partial charge >= 0.3 is 0 Å². The average molecular weight is 240 g/mol. The molecule has 68 valence electrons. The van der Waals surface area contributed by atoms with Crippen molar-refractivity contribution in [2.45, 2.75) is 19.3 Å². The lowest BCUT2D eigenvalue weighted by atomic mass is 9.86. The number of phenols is 1. The van der Waals surface area contributed by atoms with Crippen molar-refractivity contribution < 1.29 is 5.11 Å². The van der Waals surface area contributed by atoms with Crippen LogP contribution in [0.3, 0.4) is 0 Å². The van der Waals surface area contributed by atoms with Crippen molar-refractivity contribution in [2.75, 3.05) is 0 Å². The number of phenolic OH excluding ortho intramolecular Hbond substituents is 1. The summed E-state index contributed by atoms with van der Waals surface area (Å²) in [5.41, 5.74) is 0.258. The number of aromatic hydroxyl groups is 1. The molecule has 0 aliphatic heterocycles. The monoisotopic (exact) mass is 239 g/mol. The van der Waals surface area contributed by atoms with E-state index in [1.54, 1.807) is 12.1 Å². The Balaban J connectivity index is 3.20. The Morgan fingerprint density at radius 3 is 2.54 bits per heavy atom. The van der Waals surface area contributed by atoms with Crippen LogP contribution in [-0.4, -0.2) is 5.11 Å². The molecular weight excluding hydrogens is 230 g/mol. The van der Waals surface area contributed by atoms with Crippen LogP contribution in [0.1, 0.15) is 19.4 Å². The molecule has 0 aromatic heterocycles. The predicted molar refractivity (Wildman–Crippen MR) is 54.4 cm³/mol. The Labute approximate surface area is 85.9 Å². The summed E-state index contributed by atoms with van der Waals surface area (Å²) in [4.78, 5) is 0. The van der Waals surface area contributed by atoms with E-state index in [1.165, 1.54) is 0 Å². The second kappa shape index (κ2) is 3.39. The molecule has 2 nitrogen and oxygen atoms in total. The summed E-state index contributed by atoms with van der Waals surface area (Å²) in [7, 11) is 0. The van der Waals surface area contributed by atoms with Gasteiger partial charge in [-0.05, 0) is 47.5 Å². The lowest BCUT2D eigenvalue weighted by Gasteiger charge is -2.15. The van der Waals surface area contributed by atoms with E-state index >= 15 is 0 Å². The van der Waals surface area contributed by atoms with Gasteiger partial charge in [0.05, 0.1) is 16.0 Å². The molecule has 1 rings (SSSR count). The van der Waals surface area contributed by atoms with E-state index in [1.807, 2.05) is 19.9 Å². The van der Waals surface area contributed by atoms with Gasteiger partial charge < -0.3 is 5.11 Å². The van der Waals surface area contributed by atoms with E-state index in [0.29, 0.717) is 4.47 Å². The Hall–Kier alpha value is -1.01. The molecule has 0 radical (unpaired) electrons. The SMILES string of the molecule is CC(C)(C#N)c1ccc(Br)c(O)c1. The highest BCUT2D eigenvalue weighted by atomic mass is 79.9. The van der Waals surface area contributed by atoms with E-state index in [-0.39, 0.29) is 5.75 Å². The van der Waals surface area contributed by atoms with Crippen LogP contribution >= 0.6 is 15.9 Å². The summed E-state index contributed by atoms with van der Waals surface area (Å²) in [6, 6.07) is 7.35. The van der Waals surface area contributed by atoms with Crippen molar-refractivity contribution in [2.24, 2.45) is 0 Å². The maximum atomic E-state index is 9.40. The molecule has 3 heteroatoms. The van der Waals surface area contributed by atoms with Gasteiger partial charge in [-0.25, -0.2) is 0 Å². The summed E-state index contributed by atoms with van der Waals surface area (Å²) < 4.78 is 0.644. The van der Waals surface area contributed by atoms with Gasteiger partial charge in [0.1, 0.15) is 5.75 Å². The van der Waals surface area contributed by atoms with Crippen LogP contribution < -0.4 is 0 Å². The van der Waals surface area contributed by atoms with Gasteiger partial charge in [-0.2, -0.15) is 5.26 Å². The number of nitriles is 1. The first-order chi connectivity index (χ1) is 5.97. The minimum absolute atomic E-state index is 0.167. The van der Waals surface area contributed by atoms with E-state index in [4.69, 9.17) is 5.26 Å². The van der Waals surface area contributed by atoms with Gasteiger partial charge in [0, 0.05) is 0 Å². The zero-order valence-corrected chi connectivity index (χ0v) is 9.09. The molecule has 0 aliphatic carbocycles. The fourth-order valence-electron chi connectivity index (χ4n) is 0.966. The highest BCUT2D eigenvalue weighted by molar-refractivity contribution is 9.10. The fourth-order valence-corrected chi connectivity index (χ4v) is 1.21. The summed E-state index contributed by atoms with van der Waals surface area (Å²) in [6.45, 7) is 3.63. The molecule has 0 saturated carbocycles. The minimum atomic E-state index is -0.557. The number of rotatable bonds is 1. The first-order valence-corrected chi connectivity index (χ1v) is 4.67. The van der Waals surface area contributed by atoms with Crippen LogP contribution in [0.15, 0.2) is 22.7 Å². The van der Waals surface area contributed by atoms with Crippen LogP contribution in [0.2, 0.25) is 0 Å². The van der Waals surface area contributed by atoms with E-state index in [9.17, 15) is 5.11 Å². The van der Waals surface area contributed by atoms with Crippen molar-refractivity contribution in [3.8, 4) is 11.8 Å². The first-order valence-electron chi connectivity index (χ1n) is 3.87. The molecule has 1 aromatic carbocycles. The van der Waals surface area contributed by atoms with Gasteiger partial charge in [0.2, 0.25) is 0 Å². The first kappa shape index (κ1) is 10.1. The Morgan fingerprint density at radius 2 is 2.08 bits per heavy atom. The van der Waals surface area contributed by atoms with Crippen molar-refractivity contribution in [1.82, 2.24) is 0 Å². The summed E-state index contributed by atoms with van der Waals surface area (Å²) in [5, 5.41) is 18.3. The zero-order chi connectivity index (χ0) is 10.1. The zero-order valence-electron chi connectivity index (χ0n) is 7.50. The second-order valence-corrected chi connectivity index (χ2v) is 4.26. The van der Waals surface area contributed by atoms with Crippen molar-refractivity contribution in [3.63, 3.8) is 0 Å². The van der Waals surface area contributed by atoms with Crippen LogP contribution in [0.5, 0.6) is 5.75 Å². The van der Waals surface area contributed by atoms with Crippen LogP contribution in [0, 0.1) is 11.3 Å². The number of halogens is 1. The second-order valence-electron chi connectivity index (χ2n) is 3.40. The Kier molecular flexibility index (Phi) is 2.63. The van der Waals surface area contributed by atoms with Crippen LogP contribution in [-0.2, 0) is 5.41 Å². The topological polar surface area (TPSA) is 44.0 Å². The van der Waals surface area contributed by atoms with Crippen molar-refractivity contribution >= 4 is 15.9 Å². The molecule has 13 heavy (non-hydrogen) atoms. The molecule has 0 fully saturated rings. The maximum absolute atomic E-state index is 9.40. The molecule has 0 saturated heterocycles. The smallest absolute Gasteiger partial charge is 0.130 e. The third-order valence-corrected chi connectivity index (χ3v) is 2.62. The normalized spacial score (nSPS) is 10.9. The Morgan fingerprint density at radius 1 is 1.46 bits per heavy atom. The molecular formula is C10H10BrNO. The summed E-state index contributed by atoms with van der Waals surface area (Å²) in [5.74, 6) is 0.167. The van der Waals surface area contributed by atoms with Crippen LogP contribution in [0.25, 0.3) is 0 Å². The Bertz CT molecular complexity index is 366. The van der Waals surface area contributed by atoms with Crippen molar-refractivity contribution in [3.05, 3.63) is 28.2 Å². The predicted octanol–water partition coefficient (Wildman–Crippen LogP) is 2.96. The molecule has 0 heterocycles. The summed E-state index contributed by atoms with van der Waals surface area (Å²) in [6.07, 6.45) is 0. The van der Waals surface area contributed by atoms with E-state index in [2.05, 4.69) is 22.0 Å². The number of hydrogen-bond donors (Lipinski definition) is 1. The third-order valence-electron chi connectivity index (χ3n) is 1.95. The minimum Gasteiger partial charge on any atom is -0.507 e.